The van der Waals surface area contributed by atoms with E-state index in [1.54, 1.807) is 67.9 Å². The van der Waals surface area contributed by atoms with Crippen molar-refractivity contribution in [1.82, 2.24) is 19.9 Å². The lowest BCUT2D eigenvalue weighted by Gasteiger charge is -2.18. The summed E-state index contributed by atoms with van der Waals surface area (Å²) in [6, 6.07) is 9.07. The van der Waals surface area contributed by atoms with Gasteiger partial charge in [-0.05, 0) is 95.1 Å². The van der Waals surface area contributed by atoms with E-state index < -0.39 is 23.5 Å². The van der Waals surface area contributed by atoms with Gasteiger partial charge in [0.15, 0.2) is 0 Å². The quantitative estimate of drug-likeness (QED) is 0.240. The van der Waals surface area contributed by atoms with Crippen LogP contribution in [0.25, 0.3) is 21.8 Å². The zero-order valence-corrected chi connectivity index (χ0v) is 26.4. The van der Waals surface area contributed by atoms with Crippen molar-refractivity contribution in [2.24, 2.45) is 0 Å². The van der Waals surface area contributed by atoms with Crippen molar-refractivity contribution in [3.8, 4) is 11.5 Å². The summed E-state index contributed by atoms with van der Waals surface area (Å²) in [5, 5.41) is 10.1. The van der Waals surface area contributed by atoms with Crippen molar-refractivity contribution in [2.75, 3.05) is 14.2 Å². The highest BCUT2D eigenvalue weighted by Gasteiger charge is 2.22. The smallest absolute Gasteiger partial charge is 0.497 e. The van der Waals surface area contributed by atoms with Crippen molar-refractivity contribution in [3.05, 3.63) is 46.2 Å². The molecule has 12 nitrogen and oxygen atoms in total. The number of hydrogen-bond donors (Lipinski definition) is 0. The Morgan fingerprint density at radius 1 is 0.756 bits per heavy atom. The number of carbonyl (C=O) groups excluding carboxylic acids is 2. The maximum atomic E-state index is 11.8. The molecule has 0 saturated heterocycles. The average Bonchev–Trinajstić information content (AvgIpc) is 3.32. The van der Waals surface area contributed by atoms with E-state index in [1.165, 1.54) is 0 Å². The first-order valence-corrected chi connectivity index (χ1v) is 13.4. The molecule has 0 atom stereocenters. The van der Waals surface area contributed by atoms with Crippen LogP contribution in [0.15, 0.2) is 34.9 Å². The minimum absolute atomic E-state index is 0.584. The molecule has 0 saturated carbocycles. The Labute approximate surface area is 246 Å². The van der Waals surface area contributed by atoms with Gasteiger partial charge in [0.05, 0.1) is 19.9 Å². The van der Waals surface area contributed by atoms with Crippen LogP contribution >= 0.6 is 15.9 Å². The predicted octanol–water partition coefficient (Wildman–Crippen LogP) is 6.20. The highest BCUT2D eigenvalue weighted by molar-refractivity contribution is 9.10. The molecular formula is C28H35BrN4O8. The van der Waals surface area contributed by atoms with Gasteiger partial charge in [-0.2, -0.15) is 0 Å². The van der Waals surface area contributed by atoms with Gasteiger partial charge in [0.25, 0.3) is 0 Å². The van der Waals surface area contributed by atoms with Crippen molar-refractivity contribution in [1.29, 1.82) is 0 Å². The van der Waals surface area contributed by atoms with Crippen LogP contribution in [0, 0.1) is 13.8 Å². The van der Waals surface area contributed by atoms with Gasteiger partial charge < -0.3 is 18.9 Å². The Hall–Kier alpha value is -4.00. The van der Waals surface area contributed by atoms with Crippen LogP contribution in [0.1, 0.15) is 52.8 Å². The molecule has 13 heteroatoms. The Bertz CT molecular complexity index is 1560. The van der Waals surface area contributed by atoms with Crippen LogP contribution in [0.5, 0.6) is 11.5 Å². The zero-order valence-electron chi connectivity index (χ0n) is 24.8. The van der Waals surface area contributed by atoms with E-state index >= 15 is 0 Å². The molecule has 0 bridgehead atoms. The second-order valence-corrected chi connectivity index (χ2v) is 11.7. The molecule has 0 aliphatic rings. The third-order valence-corrected chi connectivity index (χ3v) is 5.81. The molecule has 0 fully saturated rings. The Kier molecular flexibility index (Phi) is 9.42. The first-order valence-electron chi connectivity index (χ1n) is 12.6. The minimum Gasteiger partial charge on any atom is -0.497 e. The van der Waals surface area contributed by atoms with Gasteiger partial charge in [0, 0.05) is 22.9 Å². The van der Waals surface area contributed by atoms with Gasteiger partial charge in [0.2, 0.25) is 0 Å². The summed E-state index contributed by atoms with van der Waals surface area (Å²) in [5.74, 6) is 1.31. The van der Waals surface area contributed by atoms with Crippen molar-refractivity contribution in [2.45, 2.75) is 66.6 Å². The summed E-state index contributed by atoms with van der Waals surface area (Å²) in [5.41, 5.74) is 1.72. The number of hydrogen-bond acceptors (Lipinski definition) is 10. The van der Waals surface area contributed by atoms with E-state index in [2.05, 4.69) is 26.1 Å². The van der Waals surface area contributed by atoms with Gasteiger partial charge in [-0.25, -0.2) is 9.59 Å². The summed E-state index contributed by atoms with van der Waals surface area (Å²) >= 11 is 3.36. The Morgan fingerprint density at radius 3 is 1.78 bits per heavy atom. The molecule has 0 unspecified atom stereocenters. The SMILES string of the molecule is COc1cc(C)c2c(Br)nn(OC(=O)OC(C)(C)C)c2c1.COc1ccc2c(C)nn(OC(=O)OC(C)(C)C)c2c1. The van der Waals surface area contributed by atoms with Crippen molar-refractivity contribution >= 4 is 50.0 Å². The number of benzene rings is 2. The highest BCUT2D eigenvalue weighted by Crippen LogP contribution is 2.30. The van der Waals surface area contributed by atoms with Crippen molar-refractivity contribution in [3.63, 3.8) is 0 Å². The van der Waals surface area contributed by atoms with Crippen LogP contribution < -0.4 is 19.1 Å². The molecule has 2 heterocycles. The third-order valence-electron chi connectivity index (χ3n) is 5.26. The normalized spacial score (nSPS) is 11.5. The lowest BCUT2D eigenvalue weighted by atomic mass is 10.1. The van der Waals surface area contributed by atoms with E-state index in [0.29, 0.717) is 27.1 Å². The zero-order chi connectivity index (χ0) is 30.7. The van der Waals surface area contributed by atoms with E-state index in [4.69, 9.17) is 28.6 Å². The van der Waals surface area contributed by atoms with Crippen LogP contribution in [-0.2, 0) is 9.47 Å². The summed E-state index contributed by atoms with van der Waals surface area (Å²) in [4.78, 5) is 36.0. The van der Waals surface area contributed by atoms with E-state index in [1.807, 2.05) is 32.0 Å². The van der Waals surface area contributed by atoms with Crippen molar-refractivity contribution < 1.29 is 38.2 Å². The number of aromatic nitrogens is 4. The standard InChI is InChI=1S/C14H17BrN2O4.C14H18N2O4/c1-8-6-9(19-5)7-10-11(8)12(15)16-17(10)21-13(18)20-14(2,3)4;1-9-11-7-6-10(18-5)8-12(11)16(15-9)20-13(17)19-14(2,3)4/h6-7H,1-5H3;6-8H,1-5H3. The van der Waals surface area contributed by atoms with E-state index in [9.17, 15) is 9.59 Å². The molecule has 0 aliphatic heterocycles. The van der Waals surface area contributed by atoms with Crippen LogP contribution in [-0.4, -0.2) is 57.6 Å². The number of rotatable bonds is 4. The molecule has 0 aliphatic carbocycles. The lowest BCUT2D eigenvalue weighted by Crippen LogP contribution is -2.30. The molecule has 0 radical (unpaired) electrons. The molecule has 2 aromatic heterocycles. The van der Waals surface area contributed by atoms with Gasteiger partial charge in [-0.3, -0.25) is 9.68 Å². The Balaban J connectivity index is 0.000000226. The number of methoxy groups -OCH3 is 2. The van der Waals surface area contributed by atoms with Gasteiger partial charge >= 0.3 is 12.3 Å². The average molecular weight is 636 g/mol. The van der Waals surface area contributed by atoms with Gasteiger partial charge in [0.1, 0.15) is 38.3 Å². The summed E-state index contributed by atoms with van der Waals surface area (Å²) in [6.45, 7) is 14.4. The largest absolute Gasteiger partial charge is 0.535 e. The monoisotopic (exact) mass is 634 g/mol. The summed E-state index contributed by atoms with van der Waals surface area (Å²) in [7, 11) is 3.15. The fraction of sp³-hybridized carbons (Fsp3) is 0.429. The molecule has 4 aromatic rings. The fourth-order valence-corrected chi connectivity index (χ4v) is 4.28. The van der Waals surface area contributed by atoms with Crippen LogP contribution in [0.2, 0.25) is 0 Å². The number of carbonyl (C=O) groups is 2. The molecule has 2 aromatic carbocycles. The molecule has 0 N–H and O–H groups in total. The predicted molar refractivity (Wildman–Crippen MR) is 155 cm³/mol. The Morgan fingerprint density at radius 2 is 1.27 bits per heavy atom. The van der Waals surface area contributed by atoms with Crippen LogP contribution in [0.3, 0.4) is 0 Å². The number of fused-ring (bicyclic) bond motifs is 2. The molecule has 0 amide bonds. The second-order valence-electron chi connectivity index (χ2n) is 11.0. The molecule has 222 valence electrons. The summed E-state index contributed by atoms with van der Waals surface area (Å²) < 4.78 is 21.2. The third kappa shape index (κ3) is 8.26. The van der Waals surface area contributed by atoms with E-state index in [-0.39, 0.29) is 0 Å². The number of nitrogens with zero attached hydrogens (tertiary/aromatic N) is 4. The van der Waals surface area contributed by atoms with Gasteiger partial charge in [-0.15, -0.1) is 10.2 Å². The first kappa shape index (κ1) is 31.5. The first-order chi connectivity index (χ1) is 19.0. The topological polar surface area (TPSA) is 125 Å². The van der Waals surface area contributed by atoms with E-state index in [0.717, 1.165) is 31.7 Å². The highest BCUT2D eigenvalue weighted by atomic mass is 79.9. The summed E-state index contributed by atoms with van der Waals surface area (Å²) in [6.07, 6.45) is -1.62. The molecule has 41 heavy (non-hydrogen) atoms. The lowest BCUT2D eigenvalue weighted by molar-refractivity contribution is -0.0161. The maximum absolute atomic E-state index is 11.8. The van der Waals surface area contributed by atoms with Gasteiger partial charge in [-0.1, -0.05) is 9.69 Å². The number of halogens is 1. The second kappa shape index (κ2) is 12.2. The molecular weight excluding hydrogens is 600 g/mol. The maximum Gasteiger partial charge on any atom is 0.535 e. The molecule has 0 spiro atoms. The number of ether oxygens (including phenoxy) is 4. The van der Waals surface area contributed by atoms with Crippen LogP contribution in [0.4, 0.5) is 9.59 Å². The minimum atomic E-state index is -0.820. The molecule has 4 rings (SSSR count). The number of aryl methyl sites for hydroxylation is 2. The fourth-order valence-electron chi connectivity index (χ4n) is 3.62.